The van der Waals surface area contributed by atoms with Crippen LogP contribution in [0.25, 0.3) is 16.6 Å². The third kappa shape index (κ3) is 6.07. The number of halogens is 1. The van der Waals surface area contributed by atoms with Gasteiger partial charge in [-0.1, -0.05) is 84.9 Å². The van der Waals surface area contributed by atoms with Gasteiger partial charge in [-0.15, -0.1) is 0 Å². The number of benzene rings is 3. The molecule has 0 bridgehead atoms. The smallest absolute Gasteiger partial charge is 0.266 e. The summed E-state index contributed by atoms with van der Waals surface area (Å²) in [5.74, 6) is -0.232. The number of hydrogen-bond acceptors (Lipinski definition) is 5. The summed E-state index contributed by atoms with van der Waals surface area (Å²) in [5, 5.41) is 5.03. The lowest BCUT2D eigenvalue weighted by Gasteiger charge is -2.18. The number of hydrazone groups is 1. The van der Waals surface area contributed by atoms with Gasteiger partial charge in [0.1, 0.15) is 0 Å². The average Bonchev–Trinajstić information content (AvgIpc) is 2.83. The molecule has 0 saturated carbocycles. The van der Waals surface area contributed by atoms with Crippen molar-refractivity contribution in [3.63, 3.8) is 0 Å². The van der Waals surface area contributed by atoms with E-state index in [0.717, 1.165) is 10.0 Å². The molecule has 4 aromatic rings. The highest BCUT2D eigenvalue weighted by molar-refractivity contribution is 9.10. The van der Waals surface area contributed by atoms with E-state index in [2.05, 4.69) is 64.3 Å². The number of carbonyl (C=O) groups is 1. The Labute approximate surface area is 216 Å². The lowest BCUT2D eigenvalue weighted by atomic mass is 9.87. The molecule has 8 heteroatoms. The summed E-state index contributed by atoms with van der Waals surface area (Å²) in [4.78, 5) is 30.4. The van der Waals surface area contributed by atoms with Crippen LogP contribution >= 0.6 is 27.7 Å². The van der Waals surface area contributed by atoms with Gasteiger partial charge < -0.3 is 0 Å². The first-order valence-electron chi connectivity index (χ1n) is 11.1. The Morgan fingerprint density at radius 2 is 1.74 bits per heavy atom. The molecule has 1 heterocycles. The molecule has 0 spiro atoms. The van der Waals surface area contributed by atoms with E-state index in [1.807, 2.05) is 48.5 Å². The number of nitrogens with one attached hydrogen (secondary N) is 1. The number of carbonyl (C=O) groups excluding carboxylic acids is 1. The molecule has 0 aliphatic rings. The zero-order valence-corrected chi connectivity index (χ0v) is 22.1. The van der Waals surface area contributed by atoms with Gasteiger partial charge in [-0.25, -0.2) is 10.4 Å². The average molecular weight is 549 g/mol. The van der Waals surface area contributed by atoms with Crippen molar-refractivity contribution in [3.8, 4) is 5.69 Å². The van der Waals surface area contributed by atoms with Gasteiger partial charge in [0.2, 0.25) is 0 Å². The summed E-state index contributed by atoms with van der Waals surface area (Å²) in [6.07, 6.45) is 1.61. The molecule has 0 aliphatic carbocycles. The Morgan fingerprint density at radius 1 is 1.06 bits per heavy atom. The van der Waals surface area contributed by atoms with Crippen molar-refractivity contribution in [2.45, 2.75) is 31.3 Å². The standard InChI is InChI=1S/C27H25BrN4O2S/c1-27(2,3)19-10-8-18(9-11-19)16-29-31-24(33)17-35-26-30-23-7-5-4-6-22(23)25(34)32(26)21-14-12-20(28)13-15-21/h4-16H,17H2,1-3H3,(H,31,33)/b29-16-. The van der Waals surface area contributed by atoms with E-state index in [9.17, 15) is 9.59 Å². The highest BCUT2D eigenvalue weighted by atomic mass is 79.9. The molecule has 4 rings (SSSR count). The molecule has 1 N–H and O–H groups in total. The fraction of sp³-hybridized carbons (Fsp3) is 0.185. The van der Waals surface area contributed by atoms with Crippen LogP contribution in [0.15, 0.2) is 92.3 Å². The van der Waals surface area contributed by atoms with Gasteiger partial charge in [0.05, 0.1) is 28.6 Å². The van der Waals surface area contributed by atoms with Crippen LogP contribution in [0.4, 0.5) is 0 Å². The van der Waals surface area contributed by atoms with Gasteiger partial charge in [-0.3, -0.25) is 14.2 Å². The van der Waals surface area contributed by atoms with Gasteiger partial charge >= 0.3 is 0 Å². The topological polar surface area (TPSA) is 76.3 Å². The second kappa shape index (κ2) is 10.6. The Hall–Kier alpha value is -3.23. The largest absolute Gasteiger partial charge is 0.272 e. The summed E-state index contributed by atoms with van der Waals surface area (Å²) < 4.78 is 2.44. The van der Waals surface area contributed by atoms with E-state index in [-0.39, 0.29) is 22.6 Å². The minimum absolute atomic E-state index is 0.0572. The normalized spacial score (nSPS) is 11.8. The summed E-state index contributed by atoms with van der Waals surface area (Å²) in [6, 6.07) is 22.7. The molecule has 0 aliphatic heterocycles. The zero-order valence-electron chi connectivity index (χ0n) is 19.7. The molecular formula is C27H25BrN4O2S. The van der Waals surface area contributed by atoms with E-state index < -0.39 is 0 Å². The van der Waals surface area contributed by atoms with Crippen LogP contribution in [0, 0.1) is 0 Å². The second-order valence-electron chi connectivity index (χ2n) is 8.98. The number of hydrogen-bond donors (Lipinski definition) is 1. The third-order valence-corrected chi connectivity index (χ3v) is 6.81. The summed E-state index contributed by atoms with van der Waals surface area (Å²) >= 11 is 4.61. The van der Waals surface area contributed by atoms with E-state index in [4.69, 9.17) is 0 Å². The number of nitrogens with zero attached hydrogens (tertiary/aromatic N) is 3. The zero-order chi connectivity index (χ0) is 25.0. The molecule has 1 amide bonds. The predicted octanol–water partition coefficient (Wildman–Crippen LogP) is 5.69. The fourth-order valence-electron chi connectivity index (χ4n) is 3.44. The minimum atomic E-state index is -0.290. The van der Waals surface area contributed by atoms with E-state index in [0.29, 0.717) is 21.7 Å². The fourth-order valence-corrected chi connectivity index (χ4v) is 4.51. The van der Waals surface area contributed by atoms with Crippen LogP contribution in [0.3, 0.4) is 0 Å². The summed E-state index contributed by atoms with van der Waals surface area (Å²) in [7, 11) is 0. The van der Waals surface area contributed by atoms with E-state index >= 15 is 0 Å². The maximum Gasteiger partial charge on any atom is 0.266 e. The van der Waals surface area contributed by atoms with Crippen molar-refractivity contribution >= 4 is 50.7 Å². The number of rotatable bonds is 6. The Bertz CT molecular complexity index is 1440. The van der Waals surface area contributed by atoms with Crippen molar-refractivity contribution in [1.82, 2.24) is 15.0 Å². The van der Waals surface area contributed by atoms with Crippen molar-refractivity contribution in [2.75, 3.05) is 5.75 Å². The van der Waals surface area contributed by atoms with Gasteiger partial charge in [0, 0.05) is 4.47 Å². The molecule has 0 fully saturated rings. The minimum Gasteiger partial charge on any atom is -0.272 e. The van der Waals surface area contributed by atoms with E-state index in [1.165, 1.54) is 21.9 Å². The van der Waals surface area contributed by atoms with Gasteiger partial charge in [0.15, 0.2) is 5.16 Å². The summed E-state index contributed by atoms with van der Waals surface area (Å²) in [5.41, 5.74) is 5.84. The number of para-hydroxylation sites is 1. The maximum atomic E-state index is 13.3. The van der Waals surface area contributed by atoms with Gasteiger partial charge in [-0.05, 0) is 52.9 Å². The molecule has 0 saturated heterocycles. The highest BCUT2D eigenvalue weighted by Crippen LogP contribution is 2.23. The van der Waals surface area contributed by atoms with Crippen LogP contribution in [0.1, 0.15) is 31.9 Å². The van der Waals surface area contributed by atoms with Crippen LogP contribution in [-0.4, -0.2) is 27.4 Å². The molecular weight excluding hydrogens is 524 g/mol. The molecule has 178 valence electrons. The van der Waals surface area contributed by atoms with Crippen molar-refractivity contribution in [1.29, 1.82) is 0 Å². The maximum absolute atomic E-state index is 13.3. The Morgan fingerprint density at radius 3 is 2.43 bits per heavy atom. The van der Waals surface area contributed by atoms with Crippen molar-refractivity contribution < 1.29 is 4.79 Å². The monoisotopic (exact) mass is 548 g/mol. The quantitative estimate of drug-likeness (QED) is 0.145. The molecule has 3 aromatic carbocycles. The number of thioether (sulfide) groups is 1. The first kappa shape index (κ1) is 24.9. The number of fused-ring (bicyclic) bond motifs is 1. The summed E-state index contributed by atoms with van der Waals surface area (Å²) in [6.45, 7) is 6.48. The molecule has 0 unspecified atom stereocenters. The van der Waals surface area contributed by atoms with Crippen molar-refractivity contribution in [2.24, 2.45) is 5.10 Å². The molecule has 1 aromatic heterocycles. The first-order valence-corrected chi connectivity index (χ1v) is 12.8. The third-order valence-electron chi connectivity index (χ3n) is 5.34. The lowest BCUT2D eigenvalue weighted by Crippen LogP contribution is -2.24. The predicted molar refractivity (Wildman–Crippen MR) is 147 cm³/mol. The van der Waals surface area contributed by atoms with Crippen LogP contribution in [0.5, 0.6) is 0 Å². The first-order chi connectivity index (χ1) is 16.7. The molecule has 35 heavy (non-hydrogen) atoms. The van der Waals surface area contributed by atoms with Crippen LogP contribution in [0.2, 0.25) is 0 Å². The number of aromatic nitrogens is 2. The lowest BCUT2D eigenvalue weighted by molar-refractivity contribution is -0.118. The Kier molecular flexibility index (Phi) is 7.52. The highest BCUT2D eigenvalue weighted by Gasteiger charge is 2.15. The molecule has 0 atom stereocenters. The Balaban J connectivity index is 1.50. The number of amides is 1. The van der Waals surface area contributed by atoms with Crippen LogP contribution in [-0.2, 0) is 10.2 Å². The second-order valence-corrected chi connectivity index (χ2v) is 10.8. The molecule has 6 nitrogen and oxygen atoms in total. The van der Waals surface area contributed by atoms with Crippen LogP contribution < -0.4 is 11.0 Å². The SMILES string of the molecule is CC(C)(C)c1ccc(/C=N\NC(=O)CSc2nc3ccccc3c(=O)n2-c2ccc(Br)cc2)cc1. The molecule has 0 radical (unpaired) electrons. The van der Waals surface area contributed by atoms with Crippen molar-refractivity contribution in [3.05, 3.63) is 98.7 Å². The van der Waals surface area contributed by atoms with Gasteiger partial charge in [0.25, 0.3) is 11.5 Å². The van der Waals surface area contributed by atoms with Gasteiger partial charge in [-0.2, -0.15) is 5.10 Å². The van der Waals surface area contributed by atoms with E-state index in [1.54, 1.807) is 18.3 Å².